The minimum absolute atomic E-state index is 0.00378. The molecule has 0 spiro atoms. The zero-order chi connectivity index (χ0) is 13.0. The summed E-state index contributed by atoms with van der Waals surface area (Å²) in [7, 11) is 1.86. The van der Waals surface area contributed by atoms with Crippen LogP contribution in [0.4, 0.5) is 8.78 Å². The maximum absolute atomic E-state index is 11.9. The lowest BCUT2D eigenvalue weighted by Crippen LogP contribution is -2.33. The van der Waals surface area contributed by atoms with Crippen LogP contribution >= 0.6 is 0 Å². The number of halogens is 2. The molecule has 0 unspecified atom stereocenters. The second-order valence-electron chi connectivity index (χ2n) is 4.27. The Balaban J connectivity index is 1.72. The number of nitrogens with one attached hydrogen (secondary N) is 2. The molecule has 0 aromatic rings. The zero-order valence-electron chi connectivity index (χ0n) is 10.1. The molecule has 2 heterocycles. The largest absolute Gasteiger partial charge is 0.473 e. The van der Waals surface area contributed by atoms with E-state index in [2.05, 4.69) is 15.5 Å². The Kier molecular flexibility index (Phi) is 4.38. The highest BCUT2D eigenvalue weighted by molar-refractivity contribution is 5.10. The smallest absolute Gasteiger partial charge is 0.345 e. The van der Waals surface area contributed by atoms with Crippen molar-refractivity contribution < 1.29 is 18.3 Å². The summed E-state index contributed by atoms with van der Waals surface area (Å²) in [6.07, 6.45) is 6.17. The van der Waals surface area contributed by atoms with Gasteiger partial charge in [-0.25, -0.2) is 0 Å². The van der Waals surface area contributed by atoms with Crippen LogP contribution in [-0.2, 0) is 9.47 Å². The molecule has 2 rings (SSSR count). The maximum atomic E-state index is 11.9. The molecule has 18 heavy (non-hydrogen) atoms. The molecule has 5 nitrogen and oxygen atoms in total. The Morgan fingerprint density at radius 1 is 1.56 bits per heavy atom. The molecular weight excluding hydrogens is 244 g/mol. The van der Waals surface area contributed by atoms with Crippen molar-refractivity contribution in [3.8, 4) is 0 Å². The number of alkyl halides is 2. The van der Waals surface area contributed by atoms with E-state index in [9.17, 15) is 8.78 Å². The van der Waals surface area contributed by atoms with Gasteiger partial charge < -0.3 is 14.8 Å². The first-order valence-corrected chi connectivity index (χ1v) is 5.81. The van der Waals surface area contributed by atoms with Gasteiger partial charge in [0.2, 0.25) is 5.88 Å². The first-order chi connectivity index (χ1) is 8.63. The molecule has 2 aliphatic rings. The lowest BCUT2D eigenvalue weighted by Gasteiger charge is -2.24. The van der Waals surface area contributed by atoms with E-state index in [1.165, 1.54) is 0 Å². The number of ether oxygens (including phenoxy) is 2. The van der Waals surface area contributed by atoms with E-state index in [0.29, 0.717) is 18.8 Å². The molecule has 0 radical (unpaired) electrons. The molecule has 0 amide bonds. The Hall–Kier alpha value is -1.34. The van der Waals surface area contributed by atoms with Gasteiger partial charge in [0.25, 0.3) is 0 Å². The van der Waals surface area contributed by atoms with Crippen molar-refractivity contribution in [3.63, 3.8) is 0 Å². The lowest BCUT2D eigenvalue weighted by atomic mass is 10.2. The van der Waals surface area contributed by atoms with E-state index in [1.807, 2.05) is 25.4 Å². The van der Waals surface area contributed by atoms with Crippen molar-refractivity contribution in [1.29, 1.82) is 0 Å². The normalized spacial score (nSPS) is 27.3. The first-order valence-electron chi connectivity index (χ1n) is 5.81. The Bertz CT molecular complexity index is 336. The van der Waals surface area contributed by atoms with Gasteiger partial charge in [0, 0.05) is 38.3 Å². The van der Waals surface area contributed by atoms with Gasteiger partial charge in [-0.2, -0.15) is 8.78 Å². The van der Waals surface area contributed by atoms with Crippen LogP contribution in [0.5, 0.6) is 0 Å². The highest BCUT2D eigenvalue weighted by Gasteiger charge is 2.27. The topological polar surface area (TPSA) is 45.8 Å². The molecule has 0 aromatic heterocycles. The predicted molar refractivity (Wildman–Crippen MR) is 61.4 cm³/mol. The second-order valence-corrected chi connectivity index (χ2v) is 4.27. The molecule has 2 atom stereocenters. The molecule has 1 saturated heterocycles. The van der Waals surface area contributed by atoms with Crippen molar-refractivity contribution in [2.45, 2.75) is 25.2 Å². The summed E-state index contributed by atoms with van der Waals surface area (Å²) >= 11 is 0. The third kappa shape index (κ3) is 3.85. The van der Waals surface area contributed by atoms with Crippen LogP contribution in [0.1, 0.15) is 6.42 Å². The van der Waals surface area contributed by atoms with Crippen molar-refractivity contribution in [2.75, 3.05) is 20.2 Å². The van der Waals surface area contributed by atoms with Crippen molar-refractivity contribution in [2.24, 2.45) is 0 Å². The summed E-state index contributed by atoms with van der Waals surface area (Å²) in [6.45, 7) is -2.08. The van der Waals surface area contributed by atoms with Gasteiger partial charge in [-0.05, 0) is 6.08 Å². The summed E-state index contributed by atoms with van der Waals surface area (Å²) in [5.41, 5.74) is 3.01. The summed E-state index contributed by atoms with van der Waals surface area (Å²) in [5, 5.41) is 4.87. The van der Waals surface area contributed by atoms with Gasteiger partial charge in [-0.3, -0.25) is 10.4 Å². The number of rotatable bonds is 5. The highest BCUT2D eigenvalue weighted by Crippen LogP contribution is 2.15. The molecular formula is C11H17F2N3O2. The van der Waals surface area contributed by atoms with E-state index >= 15 is 0 Å². The summed E-state index contributed by atoms with van der Waals surface area (Å²) in [4.78, 5) is 0. The number of hydrazine groups is 1. The summed E-state index contributed by atoms with van der Waals surface area (Å²) < 4.78 is 33.8. The van der Waals surface area contributed by atoms with Crippen LogP contribution in [-0.4, -0.2) is 44.0 Å². The molecule has 2 aliphatic heterocycles. The van der Waals surface area contributed by atoms with Crippen molar-refractivity contribution >= 4 is 0 Å². The molecule has 2 N–H and O–H groups in total. The first kappa shape index (κ1) is 13.1. The number of hydrogen-bond acceptors (Lipinski definition) is 5. The minimum Gasteiger partial charge on any atom is -0.473 e. The average molecular weight is 261 g/mol. The summed E-state index contributed by atoms with van der Waals surface area (Å²) in [6, 6.07) is -0.0820. The van der Waals surface area contributed by atoms with E-state index in [1.54, 1.807) is 5.01 Å². The minimum atomic E-state index is -2.71. The van der Waals surface area contributed by atoms with Gasteiger partial charge in [0.05, 0.1) is 6.61 Å². The van der Waals surface area contributed by atoms with E-state index in [0.717, 1.165) is 0 Å². The third-order valence-corrected chi connectivity index (χ3v) is 2.74. The number of hydrogen-bond donors (Lipinski definition) is 2. The molecule has 1 fully saturated rings. The summed E-state index contributed by atoms with van der Waals surface area (Å²) in [5.74, 6) is 0.655. The van der Waals surface area contributed by atoms with Crippen LogP contribution in [0.25, 0.3) is 0 Å². The van der Waals surface area contributed by atoms with Gasteiger partial charge >= 0.3 is 6.61 Å². The SMILES string of the molecule is CN1C=CC=C(O[C@@H]2CN[C@H](COC(F)F)C2)N1. The van der Waals surface area contributed by atoms with E-state index in [-0.39, 0.29) is 18.8 Å². The monoisotopic (exact) mass is 261 g/mol. The van der Waals surface area contributed by atoms with Crippen molar-refractivity contribution in [1.82, 2.24) is 15.8 Å². The van der Waals surface area contributed by atoms with Gasteiger partial charge in [0.1, 0.15) is 6.10 Å². The molecule has 0 bridgehead atoms. The standard InChI is InChI=1S/C11H17F2N3O2/c1-16-4-2-3-10(15-16)18-9-5-8(14-6-9)7-17-11(12)13/h2-4,8-9,11,14-15H,5-7H2,1H3/t8-,9-/m0/s1. The fourth-order valence-electron chi connectivity index (χ4n) is 1.94. The van der Waals surface area contributed by atoms with Crippen LogP contribution in [0.2, 0.25) is 0 Å². The van der Waals surface area contributed by atoms with E-state index < -0.39 is 6.61 Å². The average Bonchev–Trinajstić information content (AvgIpc) is 2.74. The molecule has 7 heteroatoms. The van der Waals surface area contributed by atoms with Gasteiger partial charge in [-0.15, -0.1) is 0 Å². The van der Waals surface area contributed by atoms with Crippen LogP contribution in [0.3, 0.4) is 0 Å². The molecule has 0 saturated carbocycles. The Labute approximate surface area is 104 Å². The highest BCUT2D eigenvalue weighted by atomic mass is 19.3. The Morgan fingerprint density at radius 3 is 3.11 bits per heavy atom. The number of allylic oxidation sites excluding steroid dienone is 2. The Morgan fingerprint density at radius 2 is 2.39 bits per heavy atom. The molecule has 0 aliphatic carbocycles. The van der Waals surface area contributed by atoms with E-state index in [4.69, 9.17) is 4.74 Å². The van der Waals surface area contributed by atoms with Crippen molar-refractivity contribution in [3.05, 3.63) is 24.2 Å². The molecule has 0 aromatic carbocycles. The second kappa shape index (κ2) is 6.01. The zero-order valence-corrected chi connectivity index (χ0v) is 10.1. The fourth-order valence-corrected chi connectivity index (χ4v) is 1.94. The quantitative estimate of drug-likeness (QED) is 0.765. The fraction of sp³-hybridized carbons (Fsp3) is 0.636. The third-order valence-electron chi connectivity index (χ3n) is 2.74. The van der Waals surface area contributed by atoms with Crippen LogP contribution < -0.4 is 10.7 Å². The number of nitrogens with zero attached hydrogens (tertiary/aromatic N) is 1. The lowest BCUT2D eigenvalue weighted by molar-refractivity contribution is -0.133. The van der Waals surface area contributed by atoms with Crippen LogP contribution in [0, 0.1) is 0 Å². The maximum Gasteiger partial charge on any atom is 0.345 e. The van der Waals surface area contributed by atoms with Gasteiger partial charge in [-0.1, -0.05) is 0 Å². The van der Waals surface area contributed by atoms with Crippen LogP contribution in [0.15, 0.2) is 24.2 Å². The van der Waals surface area contributed by atoms with Gasteiger partial charge in [0.15, 0.2) is 0 Å². The molecule has 102 valence electrons. The predicted octanol–water partition coefficient (Wildman–Crippen LogP) is 0.778.